The summed E-state index contributed by atoms with van der Waals surface area (Å²) in [5, 5.41) is 6.97. The Morgan fingerprint density at radius 2 is 2.08 bits per heavy atom. The lowest BCUT2D eigenvalue weighted by Gasteiger charge is -2.10. The van der Waals surface area contributed by atoms with Gasteiger partial charge in [-0.05, 0) is 12.1 Å². The standard InChI is InChI=1S/C17H20FN5O2/c1-10(2)16-20-15(17(25)19-11-8-14(24)22(3)9-11)21-23(16)13-7-5-4-6-12(13)18/h4-7,10-11H,8-9H2,1-3H3,(H,19,25)/t11-/m0/s1. The van der Waals surface area contributed by atoms with Crippen LogP contribution in [0.5, 0.6) is 0 Å². The fourth-order valence-electron chi connectivity index (χ4n) is 2.80. The number of halogens is 1. The molecule has 0 saturated carbocycles. The Balaban J connectivity index is 1.88. The number of amides is 2. The molecule has 0 unspecified atom stereocenters. The Labute approximate surface area is 144 Å². The molecule has 0 bridgehead atoms. The molecular formula is C17H20FN5O2. The summed E-state index contributed by atoms with van der Waals surface area (Å²) in [6, 6.07) is 5.94. The number of hydrogen-bond donors (Lipinski definition) is 1. The van der Waals surface area contributed by atoms with Crippen molar-refractivity contribution in [1.29, 1.82) is 0 Å². The number of likely N-dealkylation sites (tertiary alicyclic amines) is 1. The Morgan fingerprint density at radius 1 is 1.36 bits per heavy atom. The molecule has 0 aliphatic carbocycles. The summed E-state index contributed by atoms with van der Waals surface area (Å²) in [4.78, 5) is 29.9. The SMILES string of the molecule is CC(C)c1nc(C(=O)N[C@H]2CC(=O)N(C)C2)nn1-c1ccccc1F. The molecule has 2 aromatic rings. The van der Waals surface area contributed by atoms with Crippen LogP contribution in [-0.4, -0.2) is 51.1 Å². The van der Waals surface area contributed by atoms with E-state index in [0.717, 1.165) is 0 Å². The van der Waals surface area contributed by atoms with Gasteiger partial charge in [0.1, 0.15) is 17.3 Å². The maximum atomic E-state index is 14.1. The van der Waals surface area contributed by atoms with Crippen LogP contribution in [0.4, 0.5) is 4.39 Å². The van der Waals surface area contributed by atoms with E-state index in [0.29, 0.717) is 12.4 Å². The number of nitrogens with one attached hydrogen (secondary N) is 1. The summed E-state index contributed by atoms with van der Waals surface area (Å²) in [6.45, 7) is 4.25. The van der Waals surface area contributed by atoms with Crippen molar-refractivity contribution in [2.75, 3.05) is 13.6 Å². The molecule has 132 valence electrons. The molecule has 0 spiro atoms. The molecule has 1 saturated heterocycles. The van der Waals surface area contributed by atoms with E-state index in [1.807, 2.05) is 13.8 Å². The van der Waals surface area contributed by atoms with Gasteiger partial charge in [-0.1, -0.05) is 26.0 Å². The second-order valence-electron chi connectivity index (χ2n) is 6.46. The number of carbonyl (C=O) groups excluding carboxylic acids is 2. The van der Waals surface area contributed by atoms with Crippen LogP contribution in [0.3, 0.4) is 0 Å². The van der Waals surface area contributed by atoms with Gasteiger partial charge in [0.2, 0.25) is 11.7 Å². The van der Waals surface area contributed by atoms with Crippen LogP contribution in [0.1, 0.15) is 42.6 Å². The number of benzene rings is 1. The van der Waals surface area contributed by atoms with E-state index in [-0.39, 0.29) is 35.8 Å². The minimum absolute atomic E-state index is 0.0157. The van der Waals surface area contributed by atoms with Crippen LogP contribution in [0.2, 0.25) is 0 Å². The Bertz CT molecular complexity index is 817. The lowest BCUT2D eigenvalue weighted by atomic mass is 10.2. The highest BCUT2D eigenvalue weighted by Crippen LogP contribution is 2.20. The zero-order valence-electron chi connectivity index (χ0n) is 14.4. The highest BCUT2D eigenvalue weighted by molar-refractivity contribution is 5.91. The molecule has 1 aromatic carbocycles. The highest BCUT2D eigenvalue weighted by Gasteiger charge is 2.29. The molecule has 1 aliphatic heterocycles. The van der Waals surface area contributed by atoms with Gasteiger partial charge >= 0.3 is 0 Å². The van der Waals surface area contributed by atoms with Gasteiger partial charge in [-0.2, -0.15) is 0 Å². The van der Waals surface area contributed by atoms with Crippen molar-refractivity contribution in [3.05, 3.63) is 41.7 Å². The number of nitrogens with zero attached hydrogens (tertiary/aromatic N) is 4. The summed E-state index contributed by atoms with van der Waals surface area (Å²) in [5.74, 6) is -0.510. The smallest absolute Gasteiger partial charge is 0.291 e. The molecule has 25 heavy (non-hydrogen) atoms. The molecule has 0 radical (unpaired) electrons. The first-order valence-corrected chi connectivity index (χ1v) is 8.13. The third kappa shape index (κ3) is 3.38. The van der Waals surface area contributed by atoms with Crippen LogP contribution in [0.15, 0.2) is 24.3 Å². The van der Waals surface area contributed by atoms with E-state index in [1.165, 1.54) is 10.7 Å². The fourth-order valence-corrected chi connectivity index (χ4v) is 2.80. The van der Waals surface area contributed by atoms with Crippen LogP contribution >= 0.6 is 0 Å². The van der Waals surface area contributed by atoms with Crippen LogP contribution in [0.25, 0.3) is 5.69 Å². The first kappa shape index (κ1) is 17.1. The van der Waals surface area contributed by atoms with Gasteiger partial charge in [-0.25, -0.2) is 14.1 Å². The number of para-hydroxylation sites is 1. The monoisotopic (exact) mass is 345 g/mol. The minimum Gasteiger partial charge on any atom is -0.344 e. The van der Waals surface area contributed by atoms with Crippen LogP contribution in [-0.2, 0) is 4.79 Å². The highest BCUT2D eigenvalue weighted by atomic mass is 19.1. The van der Waals surface area contributed by atoms with Gasteiger partial charge < -0.3 is 10.2 Å². The molecule has 1 atom stereocenters. The first-order valence-electron chi connectivity index (χ1n) is 8.13. The predicted octanol–water partition coefficient (Wildman–Crippen LogP) is 1.49. The lowest BCUT2D eigenvalue weighted by molar-refractivity contribution is -0.126. The topological polar surface area (TPSA) is 80.1 Å². The summed E-state index contributed by atoms with van der Waals surface area (Å²) in [7, 11) is 1.69. The molecule has 2 amide bonds. The largest absolute Gasteiger partial charge is 0.344 e. The number of carbonyl (C=O) groups is 2. The van der Waals surface area contributed by atoms with Crippen molar-refractivity contribution in [1.82, 2.24) is 25.0 Å². The van der Waals surface area contributed by atoms with Crippen molar-refractivity contribution >= 4 is 11.8 Å². The minimum atomic E-state index is -0.468. The van der Waals surface area contributed by atoms with Gasteiger partial charge in [0.15, 0.2) is 0 Å². The van der Waals surface area contributed by atoms with Crippen molar-refractivity contribution in [2.24, 2.45) is 0 Å². The fraction of sp³-hybridized carbons (Fsp3) is 0.412. The third-order valence-electron chi connectivity index (χ3n) is 4.11. The van der Waals surface area contributed by atoms with Crippen LogP contribution in [0, 0.1) is 5.82 Å². The molecule has 1 fully saturated rings. The van der Waals surface area contributed by atoms with Crippen LogP contribution < -0.4 is 5.32 Å². The molecule has 3 rings (SSSR count). The average molecular weight is 345 g/mol. The van der Waals surface area contributed by atoms with Gasteiger partial charge in [0.05, 0.1) is 6.04 Å². The number of aromatic nitrogens is 3. The number of hydrogen-bond acceptors (Lipinski definition) is 4. The molecule has 1 aromatic heterocycles. The van der Waals surface area contributed by atoms with Gasteiger partial charge in [0, 0.05) is 25.9 Å². The molecule has 8 heteroatoms. The summed E-state index contributed by atoms with van der Waals surface area (Å²) in [6.07, 6.45) is 0.257. The third-order valence-corrected chi connectivity index (χ3v) is 4.11. The molecule has 1 N–H and O–H groups in total. The van der Waals surface area contributed by atoms with Crippen molar-refractivity contribution in [2.45, 2.75) is 32.2 Å². The lowest BCUT2D eigenvalue weighted by Crippen LogP contribution is -2.37. The number of likely N-dealkylation sites (N-methyl/N-ethyl adjacent to an activating group) is 1. The molecule has 2 heterocycles. The first-order chi connectivity index (χ1) is 11.9. The number of rotatable bonds is 4. The summed E-state index contributed by atoms with van der Waals surface area (Å²) < 4.78 is 15.5. The second-order valence-corrected chi connectivity index (χ2v) is 6.46. The predicted molar refractivity (Wildman–Crippen MR) is 88.9 cm³/mol. The normalized spacial score (nSPS) is 17.4. The maximum Gasteiger partial charge on any atom is 0.291 e. The second kappa shape index (κ2) is 6.62. The zero-order chi connectivity index (χ0) is 18.1. The van der Waals surface area contributed by atoms with E-state index in [1.54, 1.807) is 30.1 Å². The van der Waals surface area contributed by atoms with E-state index < -0.39 is 11.7 Å². The van der Waals surface area contributed by atoms with Gasteiger partial charge in [-0.15, -0.1) is 5.10 Å². The van der Waals surface area contributed by atoms with Gasteiger partial charge in [0.25, 0.3) is 5.91 Å². The van der Waals surface area contributed by atoms with E-state index in [2.05, 4.69) is 15.4 Å². The van der Waals surface area contributed by atoms with Crippen molar-refractivity contribution in [3.8, 4) is 5.69 Å². The quantitative estimate of drug-likeness (QED) is 0.910. The molecular weight excluding hydrogens is 325 g/mol. The Hall–Kier alpha value is -2.77. The average Bonchev–Trinajstić information content (AvgIpc) is 3.12. The molecule has 1 aliphatic rings. The summed E-state index contributed by atoms with van der Waals surface area (Å²) in [5.41, 5.74) is 0.244. The van der Waals surface area contributed by atoms with E-state index >= 15 is 0 Å². The molecule has 7 nitrogen and oxygen atoms in total. The Morgan fingerprint density at radius 3 is 2.68 bits per heavy atom. The summed E-state index contributed by atoms with van der Waals surface area (Å²) >= 11 is 0. The Kier molecular flexibility index (Phi) is 4.52. The van der Waals surface area contributed by atoms with Gasteiger partial charge in [-0.3, -0.25) is 9.59 Å². The maximum absolute atomic E-state index is 14.1. The van der Waals surface area contributed by atoms with E-state index in [9.17, 15) is 14.0 Å². The van der Waals surface area contributed by atoms with Crippen molar-refractivity contribution in [3.63, 3.8) is 0 Å². The van der Waals surface area contributed by atoms with Crippen molar-refractivity contribution < 1.29 is 14.0 Å². The van der Waals surface area contributed by atoms with E-state index in [4.69, 9.17) is 0 Å². The zero-order valence-corrected chi connectivity index (χ0v) is 14.4.